The van der Waals surface area contributed by atoms with E-state index in [2.05, 4.69) is 20.0 Å². The van der Waals surface area contributed by atoms with Gasteiger partial charge in [0.1, 0.15) is 0 Å². The van der Waals surface area contributed by atoms with E-state index in [1.807, 2.05) is 30.3 Å². The van der Waals surface area contributed by atoms with Crippen LogP contribution in [0.4, 0.5) is 18.9 Å². The zero-order valence-electron chi connectivity index (χ0n) is 13.7. The number of aromatic nitrogens is 1. The van der Waals surface area contributed by atoms with Gasteiger partial charge in [0, 0.05) is 24.2 Å². The highest BCUT2D eigenvalue weighted by molar-refractivity contribution is 5.93. The quantitative estimate of drug-likeness (QED) is 0.474. The second-order valence-electron chi connectivity index (χ2n) is 5.57. The number of nitrogens with one attached hydrogen (secondary N) is 2. The summed E-state index contributed by atoms with van der Waals surface area (Å²) in [4.78, 5) is 7.43. The average Bonchev–Trinajstić information content (AvgIpc) is 2.98. The molecule has 0 spiro atoms. The van der Waals surface area contributed by atoms with Crippen LogP contribution in [0.25, 0.3) is 10.9 Å². The second kappa shape index (κ2) is 7.38. The Kier molecular flexibility index (Phi) is 5.01. The summed E-state index contributed by atoms with van der Waals surface area (Å²) in [6.07, 6.45) is -4.16. The Morgan fingerprint density at radius 3 is 2.62 bits per heavy atom. The molecule has 0 atom stereocenters. The van der Waals surface area contributed by atoms with Crippen molar-refractivity contribution in [3.05, 3.63) is 60.3 Å². The van der Waals surface area contributed by atoms with Gasteiger partial charge in [0.15, 0.2) is 11.7 Å². The maximum absolute atomic E-state index is 12.4. The summed E-state index contributed by atoms with van der Waals surface area (Å²) in [7, 11) is 0. The minimum absolute atomic E-state index is 0.0133. The molecule has 0 bridgehead atoms. The van der Waals surface area contributed by atoms with Crippen molar-refractivity contribution in [3.63, 3.8) is 0 Å². The van der Waals surface area contributed by atoms with Gasteiger partial charge in [0.05, 0.1) is 5.69 Å². The van der Waals surface area contributed by atoms with Crippen LogP contribution in [0.1, 0.15) is 5.69 Å². The number of fused-ring (bicyclic) bond motifs is 1. The lowest BCUT2D eigenvalue weighted by Gasteiger charge is -2.14. The Labute approximate surface area is 147 Å². The standard InChI is InChI=1S/C18H17F3N4O/c19-18(20,21)26-16-8-4-3-7-15(16)25-17(22)23-10-9-13-11-12-5-1-2-6-14(12)24-13/h1-8,11,24H,9-10H2,(H3,22,23,25). The van der Waals surface area contributed by atoms with Crippen LogP contribution in [0.15, 0.2) is 59.6 Å². The van der Waals surface area contributed by atoms with Gasteiger partial charge in [-0.25, -0.2) is 0 Å². The number of nitrogens with zero attached hydrogens (tertiary/aromatic N) is 1. The van der Waals surface area contributed by atoms with Crippen molar-refractivity contribution in [2.45, 2.75) is 12.8 Å². The van der Waals surface area contributed by atoms with E-state index in [0.29, 0.717) is 13.0 Å². The van der Waals surface area contributed by atoms with E-state index in [0.717, 1.165) is 16.6 Å². The zero-order valence-corrected chi connectivity index (χ0v) is 13.7. The molecule has 0 saturated heterocycles. The molecule has 0 saturated carbocycles. The number of guanidine groups is 1. The molecule has 0 fully saturated rings. The first-order valence-electron chi connectivity index (χ1n) is 7.89. The molecule has 26 heavy (non-hydrogen) atoms. The highest BCUT2D eigenvalue weighted by Crippen LogP contribution is 2.29. The van der Waals surface area contributed by atoms with E-state index in [1.165, 1.54) is 18.2 Å². The number of hydrogen-bond donors (Lipinski definition) is 3. The van der Waals surface area contributed by atoms with Crippen molar-refractivity contribution in [2.75, 3.05) is 11.9 Å². The van der Waals surface area contributed by atoms with Crippen molar-refractivity contribution < 1.29 is 17.9 Å². The van der Waals surface area contributed by atoms with Crippen molar-refractivity contribution in [3.8, 4) is 5.75 Å². The summed E-state index contributed by atoms with van der Waals surface area (Å²) in [6, 6.07) is 15.6. The first kappa shape index (κ1) is 17.7. The normalized spacial score (nSPS) is 12.3. The molecule has 136 valence electrons. The summed E-state index contributed by atoms with van der Waals surface area (Å²) in [5, 5.41) is 3.75. The van der Waals surface area contributed by atoms with Crippen LogP contribution in [0.2, 0.25) is 0 Å². The van der Waals surface area contributed by atoms with Crippen LogP contribution in [0.5, 0.6) is 5.75 Å². The van der Waals surface area contributed by atoms with Crippen LogP contribution in [0.3, 0.4) is 0 Å². The maximum Gasteiger partial charge on any atom is 0.573 e. The van der Waals surface area contributed by atoms with Crippen LogP contribution in [0, 0.1) is 0 Å². The van der Waals surface area contributed by atoms with Gasteiger partial charge in [-0.2, -0.15) is 0 Å². The fraction of sp³-hybridized carbons (Fsp3) is 0.167. The minimum Gasteiger partial charge on any atom is -0.404 e. The molecule has 0 aliphatic carbocycles. The molecule has 0 amide bonds. The number of para-hydroxylation sites is 3. The van der Waals surface area contributed by atoms with Crippen molar-refractivity contribution in [1.29, 1.82) is 0 Å². The molecule has 8 heteroatoms. The third-order valence-electron chi connectivity index (χ3n) is 3.62. The Morgan fingerprint density at radius 1 is 1.12 bits per heavy atom. The number of ether oxygens (including phenoxy) is 1. The third kappa shape index (κ3) is 4.69. The molecule has 2 aromatic carbocycles. The Morgan fingerprint density at radius 2 is 1.85 bits per heavy atom. The maximum atomic E-state index is 12.4. The van der Waals surface area contributed by atoms with Crippen molar-refractivity contribution in [2.24, 2.45) is 10.7 Å². The molecular formula is C18H17F3N4O. The Balaban J connectivity index is 1.62. The van der Waals surface area contributed by atoms with Crippen LogP contribution in [-0.2, 0) is 6.42 Å². The van der Waals surface area contributed by atoms with Gasteiger partial charge in [-0.1, -0.05) is 30.3 Å². The summed E-state index contributed by atoms with van der Waals surface area (Å²) in [5.41, 5.74) is 7.90. The average molecular weight is 362 g/mol. The lowest BCUT2D eigenvalue weighted by Crippen LogP contribution is -2.24. The van der Waals surface area contributed by atoms with Crippen LogP contribution >= 0.6 is 0 Å². The Bertz CT molecular complexity index is 885. The number of benzene rings is 2. The van der Waals surface area contributed by atoms with Crippen molar-refractivity contribution in [1.82, 2.24) is 4.98 Å². The molecule has 3 rings (SSSR count). The minimum atomic E-state index is -4.78. The number of halogens is 3. The predicted octanol–water partition coefficient (Wildman–Crippen LogP) is 4.04. The van der Waals surface area contributed by atoms with Gasteiger partial charge >= 0.3 is 6.36 Å². The predicted molar refractivity (Wildman–Crippen MR) is 95.2 cm³/mol. The van der Waals surface area contributed by atoms with Gasteiger partial charge in [0.25, 0.3) is 0 Å². The SMILES string of the molecule is NC(=NCCc1cc2ccccc2[nH]1)Nc1ccccc1OC(F)(F)F. The number of nitrogens with two attached hydrogens (primary N) is 1. The summed E-state index contributed by atoms with van der Waals surface area (Å²) in [5.74, 6) is -0.354. The Hall–Kier alpha value is -3.16. The molecule has 0 radical (unpaired) electrons. The fourth-order valence-electron chi connectivity index (χ4n) is 2.53. The molecular weight excluding hydrogens is 345 g/mol. The smallest absolute Gasteiger partial charge is 0.404 e. The number of alkyl halides is 3. The van der Waals surface area contributed by atoms with E-state index in [9.17, 15) is 13.2 Å². The molecule has 0 aliphatic rings. The summed E-state index contributed by atoms with van der Waals surface area (Å²) < 4.78 is 41.2. The van der Waals surface area contributed by atoms with Gasteiger partial charge in [0.2, 0.25) is 0 Å². The molecule has 1 heterocycles. The van der Waals surface area contributed by atoms with Crippen LogP contribution < -0.4 is 15.8 Å². The highest BCUT2D eigenvalue weighted by Gasteiger charge is 2.32. The largest absolute Gasteiger partial charge is 0.573 e. The highest BCUT2D eigenvalue weighted by atomic mass is 19.4. The lowest BCUT2D eigenvalue weighted by molar-refractivity contribution is -0.274. The lowest BCUT2D eigenvalue weighted by atomic mass is 10.2. The molecule has 4 N–H and O–H groups in total. The van der Waals surface area contributed by atoms with Crippen LogP contribution in [-0.4, -0.2) is 23.9 Å². The van der Waals surface area contributed by atoms with E-state index >= 15 is 0 Å². The van der Waals surface area contributed by atoms with E-state index < -0.39 is 6.36 Å². The molecule has 5 nitrogen and oxygen atoms in total. The van der Waals surface area contributed by atoms with Gasteiger partial charge in [-0.3, -0.25) is 4.99 Å². The fourth-order valence-corrected chi connectivity index (χ4v) is 2.53. The number of aromatic amines is 1. The zero-order chi connectivity index (χ0) is 18.6. The third-order valence-corrected chi connectivity index (χ3v) is 3.62. The van der Waals surface area contributed by atoms with Gasteiger partial charge in [-0.05, 0) is 29.7 Å². The number of H-pyrrole nitrogens is 1. The van der Waals surface area contributed by atoms with E-state index in [1.54, 1.807) is 6.07 Å². The molecule has 0 aliphatic heterocycles. The van der Waals surface area contributed by atoms with E-state index in [4.69, 9.17) is 5.73 Å². The summed E-state index contributed by atoms with van der Waals surface area (Å²) >= 11 is 0. The van der Waals surface area contributed by atoms with Gasteiger partial charge in [-0.15, -0.1) is 13.2 Å². The van der Waals surface area contributed by atoms with Crippen molar-refractivity contribution >= 4 is 22.5 Å². The number of anilines is 1. The number of rotatable bonds is 5. The monoisotopic (exact) mass is 362 g/mol. The summed E-state index contributed by atoms with van der Waals surface area (Å²) in [6.45, 7) is 0.383. The topological polar surface area (TPSA) is 75.4 Å². The number of hydrogen-bond acceptors (Lipinski definition) is 2. The number of aliphatic imine (C=N–C) groups is 1. The molecule has 1 aromatic heterocycles. The molecule has 0 unspecified atom stereocenters. The first-order valence-corrected chi connectivity index (χ1v) is 7.89. The second-order valence-corrected chi connectivity index (χ2v) is 5.57. The first-order chi connectivity index (χ1) is 12.4. The molecule has 3 aromatic rings. The van der Waals surface area contributed by atoms with E-state index in [-0.39, 0.29) is 17.4 Å². The van der Waals surface area contributed by atoms with Gasteiger partial charge < -0.3 is 20.8 Å².